The lowest BCUT2D eigenvalue weighted by Gasteiger charge is -2.09. The normalized spacial score (nSPS) is 14.1. The highest BCUT2D eigenvalue weighted by Gasteiger charge is 2.14. The van der Waals surface area contributed by atoms with E-state index in [1.54, 1.807) is 24.5 Å². The van der Waals surface area contributed by atoms with Gasteiger partial charge in [0.05, 0.1) is 6.54 Å². The van der Waals surface area contributed by atoms with Crippen molar-refractivity contribution in [2.75, 3.05) is 5.32 Å². The summed E-state index contributed by atoms with van der Waals surface area (Å²) in [5, 5.41) is 14.0. The molecule has 7 nitrogen and oxygen atoms in total. The van der Waals surface area contributed by atoms with Gasteiger partial charge in [-0.15, -0.1) is 10.2 Å². The number of nitrogens with one attached hydrogen (secondary N) is 2. The number of anilines is 1. The van der Waals surface area contributed by atoms with Crippen LogP contribution in [0.5, 0.6) is 0 Å². The maximum atomic E-state index is 11.8. The summed E-state index contributed by atoms with van der Waals surface area (Å²) >= 11 is 0. The second-order valence-corrected chi connectivity index (χ2v) is 5.04. The number of carbonyl (C=O) groups excluding carboxylic acids is 1. The smallest absolute Gasteiger partial charge is 0.319 e. The zero-order valence-corrected chi connectivity index (χ0v) is 11.7. The fourth-order valence-electron chi connectivity index (χ4n) is 2.45. The van der Waals surface area contributed by atoms with E-state index in [4.69, 9.17) is 0 Å². The van der Waals surface area contributed by atoms with Crippen LogP contribution in [-0.4, -0.2) is 25.8 Å². The van der Waals surface area contributed by atoms with Crippen molar-refractivity contribution in [1.82, 2.24) is 25.1 Å². The Labute approximate surface area is 122 Å². The van der Waals surface area contributed by atoms with Crippen LogP contribution < -0.4 is 10.6 Å². The molecule has 0 radical (unpaired) electrons. The highest BCUT2D eigenvalue weighted by Crippen LogP contribution is 2.14. The van der Waals surface area contributed by atoms with Crippen LogP contribution in [0.4, 0.5) is 10.5 Å². The van der Waals surface area contributed by atoms with Crippen molar-refractivity contribution in [3.05, 3.63) is 36.2 Å². The molecule has 0 fully saturated rings. The van der Waals surface area contributed by atoms with E-state index in [1.165, 1.54) is 6.42 Å². The molecule has 21 heavy (non-hydrogen) atoms. The molecule has 1 aliphatic heterocycles. The lowest BCUT2D eigenvalue weighted by molar-refractivity contribution is 0.251. The van der Waals surface area contributed by atoms with E-state index in [9.17, 15) is 4.79 Å². The molecule has 3 heterocycles. The standard InChI is InChI=1S/C14H18N6O/c21-14(17-11-5-7-15-8-6-11)16-10-13-19-18-12-4-2-1-3-9-20(12)13/h5-8H,1-4,9-10H2,(H2,15,16,17,21). The summed E-state index contributed by atoms with van der Waals surface area (Å²) in [6, 6.07) is 3.22. The number of fused-ring (bicyclic) bond motifs is 1. The minimum atomic E-state index is -0.257. The average Bonchev–Trinajstić information content (AvgIpc) is 2.73. The van der Waals surface area contributed by atoms with Gasteiger partial charge in [0.25, 0.3) is 0 Å². The summed E-state index contributed by atoms with van der Waals surface area (Å²) < 4.78 is 2.12. The van der Waals surface area contributed by atoms with Gasteiger partial charge in [-0.05, 0) is 25.0 Å². The lowest BCUT2D eigenvalue weighted by Crippen LogP contribution is -2.29. The van der Waals surface area contributed by atoms with E-state index < -0.39 is 0 Å². The number of amides is 2. The molecule has 7 heteroatoms. The summed E-state index contributed by atoms with van der Waals surface area (Å²) in [7, 11) is 0. The molecule has 0 spiro atoms. The number of pyridine rings is 1. The molecule has 1 aliphatic rings. The molecule has 3 rings (SSSR count). The monoisotopic (exact) mass is 286 g/mol. The summed E-state index contributed by atoms with van der Waals surface area (Å²) in [4.78, 5) is 15.7. The van der Waals surface area contributed by atoms with Crippen LogP contribution in [0.1, 0.15) is 30.9 Å². The molecule has 2 aromatic heterocycles. The van der Waals surface area contributed by atoms with E-state index in [2.05, 4.69) is 30.4 Å². The minimum absolute atomic E-state index is 0.257. The van der Waals surface area contributed by atoms with Crippen LogP contribution in [0.25, 0.3) is 0 Å². The molecule has 0 saturated heterocycles. The van der Waals surface area contributed by atoms with E-state index in [1.807, 2.05) is 0 Å². The van der Waals surface area contributed by atoms with Crippen LogP contribution in [0.15, 0.2) is 24.5 Å². The summed E-state index contributed by atoms with van der Waals surface area (Å²) in [5.74, 6) is 1.84. The van der Waals surface area contributed by atoms with Crippen LogP contribution in [-0.2, 0) is 19.5 Å². The van der Waals surface area contributed by atoms with Crippen LogP contribution in [0, 0.1) is 0 Å². The molecule has 2 N–H and O–H groups in total. The molecule has 0 bridgehead atoms. The summed E-state index contributed by atoms with van der Waals surface area (Å²) in [6.07, 6.45) is 7.76. The Kier molecular flexibility index (Phi) is 4.09. The number of nitrogens with zero attached hydrogens (tertiary/aromatic N) is 4. The first-order chi connectivity index (χ1) is 10.3. The van der Waals surface area contributed by atoms with Gasteiger partial charge in [-0.1, -0.05) is 6.42 Å². The average molecular weight is 286 g/mol. The zero-order valence-electron chi connectivity index (χ0n) is 11.7. The fraction of sp³-hybridized carbons (Fsp3) is 0.429. The van der Waals surface area contributed by atoms with Gasteiger partial charge in [-0.3, -0.25) is 4.98 Å². The predicted octanol–water partition coefficient (Wildman–Crippen LogP) is 1.72. The zero-order chi connectivity index (χ0) is 14.5. The molecule has 0 atom stereocenters. The van der Waals surface area contributed by atoms with E-state index in [0.717, 1.165) is 37.5 Å². The summed E-state index contributed by atoms with van der Waals surface area (Å²) in [6.45, 7) is 1.31. The van der Waals surface area contributed by atoms with Crippen LogP contribution >= 0.6 is 0 Å². The van der Waals surface area contributed by atoms with Gasteiger partial charge in [-0.25, -0.2) is 4.79 Å². The second kappa shape index (κ2) is 6.34. The maximum absolute atomic E-state index is 11.8. The number of hydrogen-bond donors (Lipinski definition) is 2. The molecular weight excluding hydrogens is 268 g/mol. The third-order valence-corrected chi connectivity index (χ3v) is 3.53. The van der Waals surface area contributed by atoms with E-state index in [-0.39, 0.29) is 6.03 Å². The van der Waals surface area contributed by atoms with Gasteiger partial charge in [-0.2, -0.15) is 0 Å². The SMILES string of the molecule is O=C(NCc1nnc2n1CCCCC2)Nc1ccncc1. The third kappa shape index (κ3) is 3.36. The Morgan fingerprint density at radius 2 is 2.05 bits per heavy atom. The highest BCUT2D eigenvalue weighted by molar-refractivity contribution is 5.88. The van der Waals surface area contributed by atoms with Gasteiger partial charge < -0.3 is 15.2 Å². The Morgan fingerprint density at radius 3 is 2.90 bits per heavy atom. The van der Waals surface area contributed by atoms with Gasteiger partial charge in [0.1, 0.15) is 5.82 Å². The number of rotatable bonds is 3. The molecule has 0 aliphatic carbocycles. The van der Waals surface area contributed by atoms with Crippen molar-refractivity contribution in [2.24, 2.45) is 0 Å². The second-order valence-electron chi connectivity index (χ2n) is 5.04. The molecule has 2 aromatic rings. The molecule has 110 valence electrons. The maximum Gasteiger partial charge on any atom is 0.319 e. The molecular formula is C14H18N6O. The Balaban J connectivity index is 1.58. The van der Waals surface area contributed by atoms with Crippen LogP contribution in [0.3, 0.4) is 0 Å². The molecule has 0 unspecified atom stereocenters. The number of carbonyl (C=O) groups is 1. The van der Waals surface area contributed by atoms with E-state index >= 15 is 0 Å². The lowest BCUT2D eigenvalue weighted by atomic mass is 10.2. The quantitative estimate of drug-likeness (QED) is 0.899. The first kappa shape index (κ1) is 13.5. The van der Waals surface area contributed by atoms with Crippen molar-refractivity contribution < 1.29 is 4.79 Å². The van der Waals surface area contributed by atoms with Crippen molar-refractivity contribution in [1.29, 1.82) is 0 Å². The van der Waals surface area contributed by atoms with Gasteiger partial charge >= 0.3 is 6.03 Å². The predicted molar refractivity (Wildman–Crippen MR) is 77.7 cm³/mol. The van der Waals surface area contributed by atoms with Crippen molar-refractivity contribution >= 4 is 11.7 Å². The van der Waals surface area contributed by atoms with E-state index in [0.29, 0.717) is 12.2 Å². The number of hydrogen-bond acceptors (Lipinski definition) is 4. The van der Waals surface area contributed by atoms with Crippen LogP contribution in [0.2, 0.25) is 0 Å². The van der Waals surface area contributed by atoms with Gasteiger partial charge in [0.15, 0.2) is 5.82 Å². The van der Waals surface area contributed by atoms with Gasteiger partial charge in [0.2, 0.25) is 0 Å². The summed E-state index contributed by atoms with van der Waals surface area (Å²) in [5.41, 5.74) is 0.711. The molecule has 0 aromatic carbocycles. The molecule has 2 amide bonds. The fourth-order valence-corrected chi connectivity index (χ4v) is 2.45. The van der Waals surface area contributed by atoms with Crippen molar-refractivity contribution in [3.8, 4) is 0 Å². The third-order valence-electron chi connectivity index (χ3n) is 3.53. The largest absolute Gasteiger partial charge is 0.331 e. The number of aromatic nitrogens is 4. The molecule has 0 saturated carbocycles. The topological polar surface area (TPSA) is 84.7 Å². The number of urea groups is 1. The Hall–Kier alpha value is -2.44. The Morgan fingerprint density at radius 1 is 1.19 bits per heavy atom. The Bertz CT molecular complexity index is 609. The van der Waals surface area contributed by atoms with Crippen molar-refractivity contribution in [2.45, 2.75) is 38.8 Å². The highest BCUT2D eigenvalue weighted by atomic mass is 16.2. The minimum Gasteiger partial charge on any atom is -0.331 e. The first-order valence-corrected chi connectivity index (χ1v) is 7.19. The first-order valence-electron chi connectivity index (χ1n) is 7.19. The van der Waals surface area contributed by atoms with Crippen molar-refractivity contribution in [3.63, 3.8) is 0 Å². The van der Waals surface area contributed by atoms with Gasteiger partial charge in [0, 0.05) is 31.0 Å². The number of aryl methyl sites for hydroxylation is 1.